The van der Waals surface area contributed by atoms with Crippen molar-refractivity contribution in [3.8, 4) is 0 Å². The molecule has 0 aromatic heterocycles. The van der Waals surface area contributed by atoms with E-state index in [-0.39, 0.29) is 29.6 Å². The molecule has 11 N–H and O–H groups in total. The zero-order valence-corrected chi connectivity index (χ0v) is 22.9. The van der Waals surface area contributed by atoms with Crippen LogP contribution in [0.2, 0.25) is 0 Å². The van der Waals surface area contributed by atoms with E-state index < -0.39 is 124 Å². The van der Waals surface area contributed by atoms with Crippen molar-refractivity contribution in [1.29, 1.82) is 0 Å². The molecule has 15 atom stereocenters. The van der Waals surface area contributed by atoms with Crippen molar-refractivity contribution in [2.75, 3.05) is 26.4 Å². The molecule has 0 spiro atoms. The summed E-state index contributed by atoms with van der Waals surface area (Å²) in [6.45, 7) is -2.62. The van der Waals surface area contributed by atoms with Crippen LogP contribution in [0.25, 0.3) is 0 Å². The van der Waals surface area contributed by atoms with Gasteiger partial charge < -0.3 is 90.0 Å². The van der Waals surface area contributed by atoms with Gasteiger partial charge in [0.1, 0.15) is 67.1 Å². The molecule has 3 heterocycles. The van der Waals surface area contributed by atoms with Crippen LogP contribution < -0.4 is 40.4 Å². The van der Waals surface area contributed by atoms with Gasteiger partial charge in [0, 0.05) is 0 Å². The average Bonchev–Trinajstić information content (AvgIpc) is 2.89. The maximum Gasteiger partial charge on any atom is 1.00 e. The van der Waals surface area contributed by atoms with Crippen molar-refractivity contribution in [3.63, 3.8) is 0 Å². The van der Waals surface area contributed by atoms with Crippen molar-refractivity contribution in [2.45, 2.75) is 92.1 Å². The molecule has 3 saturated heterocycles. The quantitative estimate of drug-likeness (QED) is 0.107. The van der Waals surface area contributed by atoms with Crippen LogP contribution in [-0.2, 0) is 33.2 Å². The molecule has 0 unspecified atom stereocenters. The van der Waals surface area contributed by atoms with E-state index in [2.05, 4.69) is 0 Å². The molecule has 3 fully saturated rings. The van der Waals surface area contributed by atoms with Gasteiger partial charge in [-0.15, -0.1) is 0 Å². The average molecular weight is 583 g/mol. The van der Waals surface area contributed by atoms with Crippen molar-refractivity contribution < 1.29 is 114 Å². The summed E-state index contributed by atoms with van der Waals surface area (Å²) in [5, 5.41) is 102. The summed E-state index contributed by atoms with van der Waals surface area (Å²) in [6.07, 6.45) is -23.2. The van der Waals surface area contributed by atoms with Gasteiger partial charge in [-0.2, -0.15) is 0 Å². The number of rotatable bonds is 10. The van der Waals surface area contributed by atoms with E-state index in [0.29, 0.717) is 0 Å². The number of hydrogen-bond donors (Lipinski definition) is 10. The fourth-order valence-corrected chi connectivity index (χ4v) is 4.13. The first kappa shape index (κ1) is 35.0. The number of carboxylic acid groups (broad SMARTS) is 1. The molecular weight excluding hydrogens is 549 g/mol. The summed E-state index contributed by atoms with van der Waals surface area (Å²) in [5.41, 5.74) is 5.26. The monoisotopic (exact) mass is 583 g/mol. The molecule has 3 rings (SSSR count). The number of aliphatic carboxylic acids is 1. The molecule has 0 amide bonds. The van der Waals surface area contributed by atoms with Gasteiger partial charge in [-0.25, -0.2) is 0 Å². The third kappa shape index (κ3) is 8.02. The maximum absolute atomic E-state index is 10.8. The van der Waals surface area contributed by atoms with E-state index in [1.165, 1.54) is 0 Å². The van der Waals surface area contributed by atoms with Gasteiger partial charge in [0.05, 0.1) is 38.4 Å². The zero-order chi connectivity index (χ0) is 28.3. The predicted octanol–water partition coefficient (Wildman–Crippen LogP) is -11.8. The summed E-state index contributed by atoms with van der Waals surface area (Å²) in [4.78, 5) is 10.7. The van der Waals surface area contributed by atoms with Crippen LogP contribution in [0.15, 0.2) is 0 Å². The van der Waals surface area contributed by atoms with Gasteiger partial charge >= 0.3 is 29.6 Å². The second kappa shape index (κ2) is 15.3. The molecular formula is C20H34NNaO17. The summed E-state index contributed by atoms with van der Waals surface area (Å²) in [7, 11) is 0. The first-order valence-corrected chi connectivity index (χ1v) is 11.7. The van der Waals surface area contributed by atoms with E-state index in [9.17, 15) is 55.9 Å². The smallest absolute Gasteiger partial charge is 0.548 e. The van der Waals surface area contributed by atoms with E-state index in [1.807, 2.05) is 0 Å². The number of nitrogens with two attached hydrogens (primary N) is 1. The first-order chi connectivity index (χ1) is 17.9. The third-order valence-corrected chi connectivity index (χ3v) is 6.45. The van der Waals surface area contributed by atoms with Gasteiger partial charge in [0.15, 0.2) is 18.9 Å². The number of aliphatic hydroxyl groups is 9. The fourth-order valence-electron chi connectivity index (χ4n) is 4.13. The molecule has 222 valence electrons. The van der Waals surface area contributed by atoms with Crippen LogP contribution in [0.4, 0.5) is 0 Å². The van der Waals surface area contributed by atoms with Gasteiger partial charge in [-0.05, 0) is 0 Å². The minimum atomic E-state index is -1.88. The molecule has 3 aliphatic heterocycles. The van der Waals surface area contributed by atoms with Crippen molar-refractivity contribution in [1.82, 2.24) is 0 Å². The van der Waals surface area contributed by atoms with E-state index >= 15 is 0 Å². The maximum atomic E-state index is 10.8. The predicted molar refractivity (Wildman–Crippen MR) is 112 cm³/mol. The minimum Gasteiger partial charge on any atom is -0.548 e. The van der Waals surface area contributed by atoms with Gasteiger partial charge in [0.25, 0.3) is 0 Å². The van der Waals surface area contributed by atoms with Gasteiger partial charge in [-0.3, -0.25) is 0 Å². The topological polar surface area (TPSA) is 304 Å². The van der Waals surface area contributed by atoms with Crippen molar-refractivity contribution >= 4 is 5.97 Å². The Kier molecular flexibility index (Phi) is 13.8. The number of ether oxygens (including phenoxy) is 6. The van der Waals surface area contributed by atoms with E-state index in [0.717, 1.165) is 0 Å². The Morgan fingerprint density at radius 3 is 1.90 bits per heavy atom. The summed E-state index contributed by atoms with van der Waals surface area (Å²) in [6, 6.07) is -1.52. The Bertz CT molecular complexity index is 768. The molecule has 0 aliphatic carbocycles. The van der Waals surface area contributed by atoms with Gasteiger partial charge in [-0.1, -0.05) is 0 Å². The number of carbonyl (C=O) groups excluding carboxylic acids is 1. The van der Waals surface area contributed by atoms with Crippen molar-refractivity contribution in [2.24, 2.45) is 5.73 Å². The Labute approximate surface area is 243 Å². The Morgan fingerprint density at radius 1 is 0.795 bits per heavy atom. The van der Waals surface area contributed by atoms with Crippen LogP contribution in [0, 0.1) is 0 Å². The number of hydrogen-bond acceptors (Lipinski definition) is 18. The second-order valence-electron chi connectivity index (χ2n) is 9.12. The number of carbonyl (C=O) groups is 1. The molecule has 3 aliphatic rings. The minimum absolute atomic E-state index is 0. The summed E-state index contributed by atoms with van der Waals surface area (Å²) < 4.78 is 31.8. The largest absolute Gasteiger partial charge is 1.00 e. The molecule has 18 nitrogen and oxygen atoms in total. The van der Waals surface area contributed by atoms with Crippen LogP contribution in [0.5, 0.6) is 0 Å². The standard InChI is InChI=1S/C20H35NO17.Na/c21-5(17(31)32)3-33-18-13(28)10(25)8(4-34-18)37-20-15(30)16(11(26)7(2-23)36-20)38-19-14(29)12(27)9(24)6(1-22)35-19;/h5-16,18-20,22-30H,1-4,21H2,(H,31,32);/q;+1/p-1/t5-,6+,7+,8+,9-,10-,11-,12-,13+,14+,15+,16-,18+,19-,20-;/m0./s1. The molecule has 0 saturated carbocycles. The molecule has 19 heteroatoms. The van der Waals surface area contributed by atoms with E-state index in [4.69, 9.17) is 34.2 Å². The van der Waals surface area contributed by atoms with E-state index in [1.54, 1.807) is 0 Å². The Hall–Kier alpha value is -0.170. The summed E-state index contributed by atoms with van der Waals surface area (Å²) >= 11 is 0. The van der Waals surface area contributed by atoms with Crippen LogP contribution in [-0.4, -0.2) is 170 Å². The number of carboxylic acids is 1. The molecule has 0 aromatic rings. The molecule has 0 radical (unpaired) electrons. The fraction of sp³-hybridized carbons (Fsp3) is 0.950. The SMILES string of the molecule is N[C@@H](CO[C@@H]1OC[C@@H](O[C@@H]2O[C@H](CO)[C@H](O)[C@H](O[C@@H]3O[C@H](CO)[C@H](O)[C@H](O)[C@H]3O)[C@H]2O)[C@H](O)[C@H]1O)C(=O)[O-].[Na+]. The molecule has 0 aromatic carbocycles. The summed E-state index contributed by atoms with van der Waals surface area (Å²) in [5.74, 6) is -1.61. The Morgan fingerprint density at radius 2 is 1.33 bits per heavy atom. The molecule has 39 heavy (non-hydrogen) atoms. The second-order valence-corrected chi connectivity index (χ2v) is 9.12. The van der Waals surface area contributed by atoms with Gasteiger partial charge in [0.2, 0.25) is 0 Å². The molecule has 0 bridgehead atoms. The zero-order valence-electron chi connectivity index (χ0n) is 20.9. The Balaban J connectivity index is 0.00000533. The van der Waals surface area contributed by atoms with Crippen LogP contribution >= 0.6 is 0 Å². The third-order valence-electron chi connectivity index (χ3n) is 6.45. The van der Waals surface area contributed by atoms with Crippen LogP contribution in [0.3, 0.4) is 0 Å². The number of aliphatic hydroxyl groups excluding tert-OH is 9. The van der Waals surface area contributed by atoms with Crippen molar-refractivity contribution in [3.05, 3.63) is 0 Å². The first-order valence-electron chi connectivity index (χ1n) is 11.7. The normalized spacial score (nSPS) is 45.8. The van der Waals surface area contributed by atoms with Crippen LogP contribution in [0.1, 0.15) is 0 Å².